The lowest BCUT2D eigenvalue weighted by molar-refractivity contribution is -0.140. The maximum absolute atomic E-state index is 10.6. The molecule has 2 unspecified atom stereocenters. The van der Waals surface area contributed by atoms with Crippen LogP contribution < -0.4 is 0 Å². The smallest absolute Gasteiger partial charge is 0.324 e. The molecule has 0 saturated carbocycles. The first-order valence-electron chi connectivity index (χ1n) is 4.67. The Kier molecular flexibility index (Phi) is 4.70. The van der Waals surface area contributed by atoms with Crippen molar-refractivity contribution in [1.29, 1.82) is 0 Å². The van der Waals surface area contributed by atoms with E-state index in [0.717, 1.165) is 5.57 Å². The average Bonchev–Trinajstić information content (AvgIpc) is 2.36. The Labute approximate surface area is 80.0 Å². The summed E-state index contributed by atoms with van der Waals surface area (Å²) in [5.74, 6) is -0.767. The number of likely N-dealkylation sites (N-methyl/N-ethyl adjacent to an activating group) is 1. The molecule has 0 aliphatic carbocycles. The van der Waals surface area contributed by atoms with Gasteiger partial charge in [-0.3, -0.25) is 9.69 Å². The predicted octanol–water partition coefficient (Wildman–Crippen LogP) is 1.75. The minimum atomic E-state index is -0.767. The Balaban J connectivity index is 0.000000671. The largest absolute Gasteiger partial charge is 0.480 e. The molecule has 0 aromatic heterocycles. The molecule has 0 amide bonds. The predicted molar refractivity (Wildman–Crippen MR) is 53.8 cm³/mol. The summed E-state index contributed by atoms with van der Waals surface area (Å²) >= 11 is 0. The van der Waals surface area contributed by atoms with Crippen LogP contribution in [-0.2, 0) is 4.79 Å². The fourth-order valence-electron chi connectivity index (χ4n) is 1.31. The van der Waals surface area contributed by atoms with Crippen LogP contribution in [0.5, 0.6) is 0 Å². The van der Waals surface area contributed by atoms with Crippen LogP contribution in [0.25, 0.3) is 0 Å². The lowest BCUT2D eigenvalue weighted by Gasteiger charge is -2.20. The Morgan fingerprint density at radius 1 is 1.54 bits per heavy atom. The SMILES string of the molecule is CC.CC1=CC(C(=O)O)N(C)C1C. The van der Waals surface area contributed by atoms with E-state index in [0.29, 0.717) is 0 Å². The first-order valence-corrected chi connectivity index (χ1v) is 4.67. The van der Waals surface area contributed by atoms with Gasteiger partial charge in [-0.05, 0) is 20.9 Å². The lowest BCUT2D eigenvalue weighted by Crippen LogP contribution is -2.37. The van der Waals surface area contributed by atoms with Crippen LogP contribution in [0.15, 0.2) is 11.6 Å². The zero-order valence-electron chi connectivity index (χ0n) is 9.03. The summed E-state index contributed by atoms with van der Waals surface area (Å²) in [5, 5.41) is 8.73. The maximum atomic E-state index is 10.6. The van der Waals surface area contributed by atoms with E-state index < -0.39 is 12.0 Å². The molecule has 13 heavy (non-hydrogen) atoms. The van der Waals surface area contributed by atoms with E-state index in [1.54, 1.807) is 6.08 Å². The Bertz CT molecular complexity index is 211. The van der Waals surface area contributed by atoms with Crippen molar-refractivity contribution in [2.45, 2.75) is 39.8 Å². The van der Waals surface area contributed by atoms with Crippen LogP contribution in [0.1, 0.15) is 27.7 Å². The third-order valence-corrected chi connectivity index (χ3v) is 2.38. The van der Waals surface area contributed by atoms with Gasteiger partial charge in [0.2, 0.25) is 0 Å². The number of aliphatic carboxylic acids is 1. The number of carbonyl (C=O) groups is 1. The molecule has 0 aromatic carbocycles. The Hall–Kier alpha value is -0.830. The first kappa shape index (κ1) is 12.2. The molecule has 1 aliphatic rings. The van der Waals surface area contributed by atoms with Crippen molar-refractivity contribution in [3.63, 3.8) is 0 Å². The van der Waals surface area contributed by atoms with Crippen molar-refractivity contribution in [2.24, 2.45) is 0 Å². The second-order valence-corrected chi connectivity index (χ2v) is 3.04. The molecule has 1 aliphatic heterocycles. The summed E-state index contributed by atoms with van der Waals surface area (Å²) < 4.78 is 0. The van der Waals surface area contributed by atoms with Crippen molar-refractivity contribution in [2.75, 3.05) is 7.05 Å². The summed E-state index contributed by atoms with van der Waals surface area (Å²) in [7, 11) is 1.83. The van der Waals surface area contributed by atoms with Gasteiger partial charge < -0.3 is 5.11 Å². The summed E-state index contributed by atoms with van der Waals surface area (Å²) in [5.41, 5.74) is 1.14. The molecule has 3 heteroatoms. The van der Waals surface area contributed by atoms with E-state index >= 15 is 0 Å². The van der Waals surface area contributed by atoms with Crippen LogP contribution in [0.4, 0.5) is 0 Å². The molecule has 0 saturated heterocycles. The van der Waals surface area contributed by atoms with Crippen molar-refractivity contribution >= 4 is 5.97 Å². The highest BCUT2D eigenvalue weighted by Crippen LogP contribution is 2.20. The average molecular weight is 185 g/mol. The standard InChI is InChI=1S/C8H13NO2.C2H6/c1-5-4-7(8(10)11)9(3)6(5)2;1-2/h4,6-7H,1-3H3,(H,10,11);1-2H3. The Morgan fingerprint density at radius 2 is 2.00 bits per heavy atom. The van der Waals surface area contributed by atoms with Gasteiger partial charge in [-0.25, -0.2) is 0 Å². The van der Waals surface area contributed by atoms with Gasteiger partial charge in [0.25, 0.3) is 0 Å². The maximum Gasteiger partial charge on any atom is 0.324 e. The summed E-state index contributed by atoms with van der Waals surface area (Å²) in [6, 6.07) is -0.166. The van der Waals surface area contributed by atoms with E-state index in [9.17, 15) is 4.79 Å². The van der Waals surface area contributed by atoms with Crippen molar-refractivity contribution in [3.8, 4) is 0 Å². The molecule has 0 bridgehead atoms. The van der Waals surface area contributed by atoms with Gasteiger partial charge in [0.15, 0.2) is 0 Å². The fourth-order valence-corrected chi connectivity index (χ4v) is 1.31. The van der Waals surface area contributed by atoms with Gasteiger partial charge in [-0.1, -0.05) is 25.5 Å². The van der Waals surface area contributed by atoms with Crippen molar-refractivity contribution in [1.82, 2.24) is 4.90 Å². The topological polar surface area (TPSA) is 40.5 Å². The molecule has 1 heterocycles. The fraction of sp³-hybridized carbons (Fsp3) is 0.700. The molecule has 0 fully saturated rings. The van der Waals surface area contributed by atoms with E-state index in [-0.39, 0.29) is 6.04 Å². The monoisotopic (exact) mass is 185 g/mol. The summed E-state index contributed by atoms with van der Waals surface area (Å²) in [6.45, 7) is 7.97. The molecule has 1 rings (SSSR count). The molecule has 3 nitrogen and oxygen atoms in total. The van der Waals surface area contributed by atoms with Crippen LogP contribution in [-0.4, -0.2) is 35.1 Å². The number of nitrogens with zero attached hydrogens (tertiary/aromatic N) is 1. The molecule has 1 N–H and O–H groups in total. The number of hydrogen-bond donors (Lipinski definition) is 1. The van der Waals surface area contributed by atoms with Gasteiger partial charge in [-0.15, -0.1) is 0 Å². The highest BCUT2D eigenvalue weighted by molar-refractivity contribution is 5.77. The molecule has 0 radical (unpaired) electrons. The van der Waals surface area contributed by atoms with Crippen LogP contribution in [0.2, 0.25) is 0 Å². The van der Waals surface area contributed by atoms with Crippen molar-refractivity contribution < 1.29 is 9.90 Å². The van der Waals surface area contributed by atoms with Gasteiger partial charge >= 0.3 is 5.97 Å². The second kappa shape index (κ2) is 5.02. The number of carboxylic acid groups (broad SMARTS) is 1. The molecule has 0 aromatic rings. The van der Waals surface area contributed by atoms with E-state index in [2.05, 4.69) is 0 Å². The van der Waals surface area contributed by atoms with Gasteiger partial charge in [0, 0.05) is 6.04 Å². The molecular weight excluding hydrogens is 166 g/mol. The third kappa shape index (κ3) is 2.56. The van der Waals surface area contributed by atoms with Gasteiger partial charge in [0.1, 0.15) is 6.04 Å². The van der Waals surface area contributed by atoms with E-state index in [1.165, 1.54) is 0 Å². The Morgan fingerprint density at radius 3 is 2.15 bits per heavy atom. The van der Waals surface area contributed by atoms with E-state index in [1.807, 2.05) is 39.6 Å². The first-order chi connectivity index (χ1) is 6.04. The number of hydrogen-bond acceptors (Lipinski definition) is 2. The van der Waals surface area contributed by atoms with Crippen LogP contribution in [0, 0.1) is 0 Å². The highest BCUT2D eigenvalue weighted by atomic mass is 16.4. The van der Waals surface area contributed by atoms with E-state index in [4.69, 9.17) is 5.11 Å². The van der Waals surface area contributed by atoms with Gasteiger partial charge in [-0.2, -0.15) is 0 Å². The molecule has 2 atom stereocenters. The molecule has 0 spiro atoms. The lowest BCUT2D eigenvalue weighted by atomic mass is 10.2. The number of rotatable bonds is 1. The quantitative estimate of drug-likeness (QED) is 0.633. The minimum absolute atomic E-state index is 0.260. The zero-order chi connectivity index (χ0) is 10.6. The van der Waals surface area contributed by atoms with Crippen LogP contribution in [0.3, 0.4) is 0 Å². The highest BCUT2D eigenvalue weighted by Gasteiger charge is 2.30. The second-order valence-electron chi connectivity index (χ2n) is 3.04. The number of carboxylic acids is 1. The summed E-state index contributed by atoms with van der Waals surface area (Å²) in [4.78, 5) is 12.5. The zero-order valence-corrected chi connectivity index (χ0v) is 9.03. The normalized spacial score (nSPS) is 27.6. The van der Waals surface area contributed by atoms with Crippen LogP contribution >= 0.6 is 0 Å². The summed E-state index contributed by atoms with van der Waals surface area (Å²) in [6.07, 6.45) is 1.80. The van der Waals surface area contributed by atoms with Gasteiger partial charge in [0.05, 0.1) is 0 Å². The minimum Gasteiger partial charge on any atom is -0.480 e. The molecule has 76 valence electrons. The molecular formula is C10H19NO2. The van der Waals surface area contributed by atoms with Crippen molar-refractivity contribution in [3.05, 3.63) is 11.6 Å². The third-order valence-electron chi connectivity index (χ3n) is 2.38.